The van der Waals surface area contributed by atoms with Gasteiger partial charge < -0.3 is 10.3 Å². The van der Waals surface area contributed by atoms with Crippen molar-refractivity contribution in [2.75, 3.05) is 0 Å². The maximum Gasteiger partial charge on any atom is 0.113 e. The van der Waals surface area contributed by atoms with Crippen LogP contribution >= 0.6 is 0 Å². The molecule has 116 valence electrons. The molecule has 0 aliphatic carbocycles. The van der Waals surface area contributed by atoms with Gasteiger partial charge in [-0.3, -0.25) is 0 Å². The Bertz CT molecular complexity index is 628. The lowest BCUT2D eigenvalue weighted by Crippen LogP contribution is -2.37. The number of benzene rings is 1. The highest BCUT2D eigenvalue weighted by Gasteiger charge is 2.22. The Kier molecular flexibility index (Phi) is 4.43. The van der Waals surface area contributed by atoms with Gasteiger partial charge in [-0.25, -0.2) is 4.98 Å². The van der Waals surface area contributed by atoms with Crippen molar-refractivity contribution in [1.82, 2.24) is 9.55 Å². The molecule has 0 saturated heterocycles. The number of rotatable bonds is 5. The van der Waals surface area contributed by atoms with Crippen molar-refractivity contribution in [3.63, 3.8) is 0 Å². The van der Waals surface area contributed by atoms with E-state index in [1.165, 1.54) is 22.5 Å². The molecule has 1 heterocycles. The minimum absolute atomic E-state index is 0.243. The third-order valence-corrected chi connectivity index (χ3v) is 4.31. The molecular formula is C18H29N3. The first-order valence-corrected chi connectivity index (χ1v) is 8.03. The summed E-state index contributed by atoms with van der Waals surface area (Å²) in [5, 5.41) is 0. The first kappa shape index (κ1) is 16.0. The Morgan fingerprint density at radius 3 is 2.24 bits per heavy atom. The molecule has 0 aliphatic rings. The third-order valence-electron chi connectivity index (χ3n) is 4.31. The molecule has 0 atom stereocenters. The predicted octanol–water partition coefficient (Wildman–Crippen LogP) is 4.29. The second kappa shape index (κ2) is 5.80. The number of aromatic nitrogens is 2. The van der Waals surface area contributed by atoms with Gasteiger partial charge >= 0.3 is 0 Å². The summed E-state index contributed by atoms with van der Waals surface area (Å²) in [6, 6.07) is 4.46. The van der Waals surface area contributed by atoms with Gasteiger partial charge in [-0.15, -0.1) is 0 Å². The fourth-order valence-corrected chi connectivity index (χ4v) is 2.94. The number of nitrogens with zero attached hydrogens (tertiary/aromatic N) is 2. The molecule has 0 amide bonds. The highest BCUT2D eigenvalue weighted by molar-refractivity contribution is 5.78. The standard InChI is InChI=1S/C18H29N3/c1-7-14(8-2)17-20-15-9-12(3)13(4)10-16(15)21(17)11-18(5,6)19/h9-10,14H,7-8,11,19H2,1-6H3. The quantitative estimate of drug-likeness (QED) is 0.891. The molecule has 2 N–H and O–H groups in total. The van der Waals surface area contributed by atoms with Crippen LogP contribution in [0.3, 0.4) is 0 Å². The molecule has 0 unspecified atom stereocenters. The average molecular weight is 287 g/mol. The molecule has 0 spiro atoms. The van der Waals surface area contributed by atoms with Gasteiger partial charge in [-0.05, 0) is 63.8 Å². The monoisotopic (exact) mass is 287 g/mol. The van der Waals surface area contributed by atoms with Gasteiger partial charge in [0.25, 0.3) is 0 Å². The van der Waals surface area contributed by atoms with E-state index in [1.807, 2.05) is 0 Å². The van der Waals surface area contributed by atoms with E-state index in [1.54, 1.807) is 0 Å². The Morgan fingerprint density at radius 1 is 1.14 bits per heavy atom. The van der Waals surface area contributed by atoms with Crippen molar-refractivity contribution < 1.29 is 0 Å². The van der Waals surface area contributed by atoms with Crippen LogP contribution in [0.4, 0.5) is 0 Å². The van der Waals surface area contributed by atoms with E-state index in [4.69, 9.17) is 10.7 Å². The Balaban J connectivity index is 2.68. The van der Waals surface area contributed by atoms with Crippen molar-refractivity contribution >= 4 is 11.0 Å². The molecule has 2 rings (SSSR count). The minimum atomic E-state index is -0.243. The smallest absolute Gasteiger partial charge is 0.113 e. The Morgan fingerprint density at radius 2 is 1.71 bits per heavy atom. The van der Waals surface area contributed by atoms with Crippen LogP contribution in [-0.4, -0.2) is 15.1 Å². The largest absolute Gasteiger partial charge is 0.326 e. The first-order chi connectivity index (χ1) is 9.76. The average Bonchev–Trinajstić information content (AvgIpc) is 2.69. The van der Waals surface area contributed by atoms with E-state index in [0.29, 0.717) is 5.92 Å². The normalized spacial score (nSPS) is 12.6. The third kappa shape index (κ3) is 3.29. The summed E-state index contributed by atoms with van der Waals surface area (Å²) < 4.78 is 2.35. The van der Waals surface area contributed by atoms with Crippen molar-refractivity contribution in [1.29, 1.82) is 0 Å². The highest BCUT2D eigenvalue weighted by atomic mass is 15.1. The summed E-state index contributed by atoms with van der Waals surface area (Å²) in [4.78, 5) is 4.95. The van der Waals surface area contributed by atoms with Gasteiger partial charge in [-0.1, -0.05) is 13.8 Å². The van der Waals surface area contributed by atoms with Gasteiger partial charge in [0.1, 0.15) is 5.82 Å². The Labute approximate surface area is 128 Å². The summed E-state index contributed by atoms with van der Waals surface area (Å²) in [5.41, 5.74) is 11.0. The molecule has 3 heteroatoms. The molecule has 3 nitrogen and oxygen atoms in total. The minimum Gasteiger partial charge on any atom is -0.326 e. The van der Waals surface area contributed by atoms with Gasteiger partial charge in [0, 0.05) is 18.0 Å². The number of imidazole rings is 1. The summed E-state index contributed by atoms with van der Waals surface area (Å²) in [7, 11) is 0. The number of hydrogen-bond donors (Lipinski definition) is 1. The van der Waals surface area contributed by atoms with Crippen LogP contribution in [0.2, 0.25) is 0 Å². The second-order valence-electron chi connectivity index (χ2n) is 6.98. The maximum atomic E-state index is 6.29. The SMILES string of the molecule is CCC(CC)c1nc2cc(C)c(C)cc2n1CC(C)(C)N. The number of fused-ring (bicyclic) bond motifs is 1. The van der Waals surface area contributed by atoms with E-state index in [2.05, 4.69) is 58.2 Å². The van der Waals surface area contributed by atoms with E-state index >= 15 is 0 Å². The first-order valence-electron chi connectivity index (χ1n) is 8.03. The summed E-state index contributed by atoms with van der Waals surface area (Å²) in [5.74, 6) is 1.69. The van der Waals surface area contributed by atoms with Crippen LogP contribution < -0.4 is 5.73 Å². The summed E-state index contributed by atoms with van der Waals surface area (Å²) >= 11 is 0. The van der Waals surface area contributed by atoms with Crippen LogP contribution in [-0.2, 0) is 6.54 Å². The molecule has 1 aromatic heterocycles. The molecule has 0 aliphatic heterocycles. The van der Waals surface area contributed by atoms with Crippen LogP contribution in [0, 0.1) is 13.8 Å². The molecule has 1 aromatic carbocycles. The van der Waals surface area contributed by atoms with Crippen molar-refractivity contribution in [2.24, 2.45) is 5.73 Å². The van der Waals surface area contributed by atoms with Crippen molar-refractivity contribution in [3.8, 4) is 0 Å². The molecule has 0 saturated carbocycles. The molecule has 0 bridgehead atoms. The lowest BCUT2D eigenvalue weighted by molar-refractivity contribution is 0.419. The maximum absolute atomic E-state index is 6.29. The van der Waals surface area contributed by atoms with E-state index in [0.717, 1.165) is 24.9 Å². The van der Waals surface area contributed by atoms with Gasteiger partial charge in [-0.2, -0.15) is 0 Å². The summed E-state index contributed by atoms with van der Waals surface area (Å²) in [6.45, 7) is 13.8. The predicted molar refractivity (Wildman–Crippen MR) is 90.8 cm³/mol. The molecule has 21 heavy (non-hydrogen) atoms. The van der Waals surface area contributed by atoms with Crippen molar-refractivity contribution in [3.05, 3.63) is 29.1 Å². The number of hydrogen-bond acceptors (Lipinski definition) is 2. The highest BCUT2D eigenvalue weighted by Crippen LogP contribution is 2.29. The lowest BCUT2D eigenvalue weighted by Gasteiger charge is -2.23. The van der Waals surface area contributed by atoms with Crippen LogP contribution in [0.1, 0.15) is 63.4 Å². The van der Waals surface area contributed by atoms with Crippen LogP contribution in [0.5, 0.6) is 0 Å². The fourth-order valence-electron chi connectivity index (χ4n) is 2.94. The Hall–Kier alpha value is -1.35. The number of nitrogens with two attached hydrogens (primary N) is 1. The lowest BCUT2D eigenvalue weighted by atomic mass is 10.0. The second-order valence-corrected chi connectivity index (χ2v) is 6.98. The zero-order valence-corrected chi connectivity index (χ0v) is 14.3. The topological polar surface area (TPSA) is 43.8 Å². The molecule has 0 radical (unpaired) electrons. The zero-order chi connectivity index (χ0) is 15.8. The fraction of sp³-hybridized carbons (Fsp3) is 0.611. The molecule has 2 aromatic rings. The van der Waals surface area contributed by atoms with E-state index < -0.39 is 0 Å². The van der Waals surface area contributed by atoms with Crippen LogP contribution in [0.25, 0.3) is 11.0 Å². The van der Waals surface area contributed by atoms with E-state index in [9.17, 15) is 0 Å². The van der Waals surface area contributed by atoms with E-state index in [-0.39, 0.29) is 5.54 Å². The van der Waals surface area contributed by atoms with Crippen molar-refractivity contribution in [2.45, 2.75) is 72.4 Å². The van der Waals surface area contributed by atoms with Gasteiger partial charge in [0.15, 0.2) is 0 Å². The van der Waals surface area contributed by atoms with Gasteiger partial charge in [0.2, 0.25) is 0 Å². The van der Waals surface area contributed by atoms with Gasteiger partial charge in [0.05, 0.1) is 11.0 Å². The summed E-state index contributed by atoms with van der Waals surface area (Å²) in [6.07, 6.45) is 2.23. The van der Waals surface area contributed by atoms with Crippen LogP contribution in [0.15, 0.2) is 12.1 Å². The molecule has 0 fully saturated rings. The zero-order valence-electron chi connectivity index (χ0n) is 14.3. The number of aryl methyl sites for hydroxylation is 2. The molecular weight excluding hydrogens is 258 g/mol.